The molecule has 0 atom stereocenters. The molecule has 0 bridgehead atoms. The maximum atomic E-state index is 12.3. The van der Waals surface area contributed by atoms with Gasteiger partial charge in [0.2, 0.25) is 5.91 Å². The number of nitrogens with one attached hydrogen (secondary N) is 1. The Balaban J connectivity index is 2.01. The normalized spacial score (nSPS) is 15.9. The van der Waals surface area contributed by atoms with Crippen LogP contribution in [0.1, 0.15) is 12.0 Å². The van der Waals surface area contributed by atoms with Gasteiger partial charge in [0.15, 0.2) is 0 Å². The number of thioether (sulfide) groups is 1. The number of benzene rings is 1. The van der Waals surface area contributed by atoms with Crippen molar-refractivity contribution in [2.75, 3.05) is 13.1 Å². The van der Waals surface area contributed by atoms with E-state index in [1.54, 1.807) is 24.3 Å². The highest BCUT2D eigenvalue weighted by atomic mass is 79.9. The predicted molar refractivity (Wildman–Crippen MR) is 92.1 cm³/mol. The van der Waals surface area contributed by atoms with E-state index >= 15 is 0 Å². The van der Waals surface area contributed by atoms with Crippen molar-refractivity contribution in [2.24, 2.45) is 0 Å². The van der Waals surface area contributed by atoms with Crippen molar-refractivity contribution >= 4 is 56.8 Å². The van der Waals surface area contributed by atoms with E-state index in [-0.39, 0.29) is 17.9 Å². The standard InChI is InChI=1S/C15H13BrN2O5S/c16-10-3-1-2-9(6-10)7-11-14(22)18(15(23)24-11)8-12(19)17-5-4-13(20)21/h1-3,6-7H,4-5,8H2,(H,17,19)(H,20,21)/b11-7-. The van der Waals surface area contributed by atoms with E-state index in [1.165, 1.54) is 0 Å². The summed E-state index contributed by atoms with van der Waals surface area (Å²) in [6.07, 6.45) is 1.36. The summed E-state index contributed by atoms with van der Waals surface area (Å²) in [7, 11) is 0. The minimum atomic E-state index is -1.04. The summed E-state index contributed by atoms with van der Waals surface area (Å²) in [6, 6.07) is 7.23. The van der Waals surface area contributed by atoms with E-state index in [4.69, 9.17) is 5.11 Å². The van der Waals surface area contributed by atoms with E-state index in [1.807, 2.05) is 6.07 Å². The molecule has 1 aromatic carbocycles. The van der Waals surface area contributed by atoms with Crippen LogP contribution in [-0.4, -0.2) is 46.1 Å². The number of nitrogens with zero attached hydrogens (tertiary/aromatic N) is 1. The number of halogens is 1. The Hall–Kier alpha value is -2.13. The zero-order chi connectivity index (χ0) is 17.7. The minimum absolute atomic E-state index is 0.0573. The highest BCUT2D eigenvalue weighted by molar-refractivity contribution is 9.10. The number of aliphatic carboxylic acids is 1. The molecule has 2 rings (SSSR count). The second kappa shape index (κ2) is 8.11. The number of amides is 3. The molecule has 126 valence electrons. The maximum Gasteiger partial charge on any atom is 0.305 e. The summed E-state index contributed by atoms with van der Waals surface area (Å²) >= 11 is 4.09. The third-order valence-corrected chi connectivity index (χ3v) is 4.38. The number of carbonyl (C=O) groups is 4. The minimum Gasteiger partial charge on any atom is -0.481 e. The Morgan fingerprint density at radius 3 is 2.75 bits per heavy atom. The lowest BCUT2D eigenvalue weighted by molar-refractivity contribution is -0.137. The average molecular weight is 413 g/mol. The average Bonchev–Trinajstić information content (AvgIpc) is 2.74. The van der Waals surface area contributed by atoms with Gasteiger partial charge in [-0.05, 0) is 35.5 Å². The first-order valence-corrected chi connectivity index (χ1v) is 8.47. The molecule has 2 N–H and O–H groups in total. The molecule has 1 aromatic rings. The van der Waals surface area contributed by atoms with Crippen molar-refractivity contribution in [3.8, 4) is 0 Å². The molecule has 3 amide bonds. The topological polar surface area (TPSA) is 104 Å². The van der Waals surface area contributed by atoms with Gasteiger partial charge in [-0.1, -0.05) is 28.1 Å². The number of hydrogen-bond donors (Lipinski definition) is 2. The molecule has 1 fully saturated rings. The molecule has 24 heavy (non-hydrogen) atoms. The zero-order valence-corrected chi connectivity index (χ0v) is 14.7. The molecule has 0 saturated carbocycles. The summed E-state index contributed by atoms with van der Waals surface area (Å²) in [5.41, 5.74) is 0.751. The first-order chi connectivity index (χ1) is 11.4. The van der Waals surface area contributed by atoms with Gasteiger partial charge in [0.1, 0.15) is 6.54 Å². The lowest BCUT2D eigenvalue weighted by Crippen LogP contribution is -2.40. The molecule has 0 radical (unpaired) electrons. The van der Waals surface area contributed by atoms with Gasteiger partial charge in [-0.25, -0.2) is 0 Å². The smallest absolute Gasteiger partial charge is 0.305 e. The van der Waals surface area contributed by atoms with E-state index < -0.39 is 29.6 Å². The molecular formula is C15H13BrN2O5S. The second-order valence-electron chi connectivity index (χ2n) is 4.82. The molecule has 7 nitrogen and oxygen atoms in total. The summed E-state index contributed by atoms with van der Waals surface area (Å²) < 4.78 is 0.841. The van der Waals surface area contributed by atoms with Crippen LogP contribution in [0.4, 0.5) is 4.79 Å². The molecule has 9 heteroatoms. The second-order valence-corrected chi connectivity index (χ2v) is 6.73. The fraction of sp³-hybridized carbons (Fsp3) is 0.200. The van der Waals surface area contributed by atoms with E-state index in [0.717, 1.165) is 26.7 Å². The third kappa shape index (κ3) is 4.93. The van der Waals surface area contributed by atoms with Gasteiger partial charge >= 0.3 is 5.97 Å². The number of hydrogen-bond acceptors (Lipinski definition) is 5. The molecule has 0 unspecified atom stereocenters. The van der Waals surface area contributed by atoms with Crippen molar-refractivity contribution in [1.82, 2.24) is 10.2 Å². The molecule has 0 aromatic heterocycles. The van der Waals surface area contributed by atoms with Gasteiger partial charge in [0.05, 0.1) is 11.3 Å². The van der Waals surface area contributed by atoms with Crippen molar-refractivity contribution in [1.29, 1.82) is 0 Å². The highest BCUT2D eigenvalue weighted by Gasteiger charge is 2.36. The molecule has 1 aliphatic heterocycles. The fourth-order valence-electron chi connectivity index (χ4n) is 1.89. The van der Waals surface area contributed by atoms with Crippen LogP contribution in [0, 0.1) is 0 Å². The Morgan fingerprint density at radius 2 is 2.08 bits per heavy atom. The van der Waals surface area contributed by atoms with Gasteiger partial charge in [-0.2, -0.15) is 0 Å². The van der Waals surface area contributed by atoms with Crippen LogP contribution in [0.2, 0.25) is 0 Å². The van der Waals surface area contributed by atoms with Crippen LogP contribution in [0.5, 0.6) is 0 Å². The van der Waals surface area contributed by atoms with Crippen LogP contribution in [0.15, 0.2) is 33.6 Å². The highest BCUT2D eigenvalue weighted by Crippen LogP contribution is 2.32. The van der Waals surface area contributed by atoms with Crippen LogP contribution in [-0.2, 0) is 14.4 Å². The van der Waals surface area contributed by atoms with E-state index in [9.17, 15) is 19.2 Å². The lowest BCUT2D eigenvalue weighted by Gasteiger charge is -2.11. The number of imide groups is 1. The van der Waals surface area contributed by atoms with Gasteiger partial charge < -0.3 is 10.4 Å². The Labute approximate surface area is 150 Å². The van der Waals surface area contributed by atoms with E-state index in [2.05, 4.69) is 21.2 Å². The lowest BCUT2D eigenvalue weighted by atomic mass is 10.2. The van der Waals surface area contributed by atoms with Crippen LogP contribution in [0.3, 0.4) is 0 Å². The van der Waals surface area contributed by atoms with Crippen molar-refractivity contribution in [2.45, 2.75) is 6.42 Å². The van der Waals surface area contributed by atoms with E-state index in [0.29, 0.717) is 0 Å². The van der Waals surface area contributed by atoms with Gasteiger partial charge in [-0.3, -0.25) is 24.1 Å². The third-order valence-electron chi connectivity index (χ3n) is 2.98. The summed E-state index contributed by atoms with van der Waals surface area (Å²) in [5, 5.41) is 10.3. The SMILES string of the molecule is O=C(O)CCNC(=O)CN1C(=O)S/C(=C\c2cccc(Br)c2)C1=O. The summed E-state index contributed by atoms with van der Waals surface area (Å²) in [5.74, 6) is -2.17. The zero-order valence-electron chi connectivity index (χ0n) is 12.3. The quantitative estimate of drug-likeness (QED) is 0.693. The molecule has 1 saturated heterocycles. The largest absolute Gasteiger partial charge is 0.481 e. The maximum absolute atomic E-state index is 12.3. The molecule has 0 aliphatic carbocycles. The summed E-state index contributed by atoms with van der Waals surface area (Å²) in [6.45, 7) is -0.488. The Kier molecular flexibility index (Phi) is 6.16. The monoisotopic (exact) mass is 412 g/mol. The number of carboxylic acids is 1. The van der Waals surface area contributed by atoms with Crippen molar-refractivity contribution < 1.29 is 24.3 Å². The van der Waals surface area contributed by atoms with Crippen LogP contribution >= 0.6 is 27.7 Å². The predicted octanol–water partition coefficient (Wildman–Crippen LogP) is 2.08. The van der Waals surface area contributed by atoms with Gasteiger partial charge in [0.25, 0.3) is 11.1 Å². The first kappa shape index (κ1) is 18.2. The molecular weight excluding hydrogens is 400 g/mol. The van der Waals surface area contributed by atoms with Gasteiger partial charge in [-0.15, -0.1) is 0 Å². The summed E-state index contributed by atoms with van der Waals surface area (Å²) in [4.78, 5) is 47.3. The Morgan fingerprint density at radius 1 is 1.33 bits per heavy atom. The molecule has 0 spiro atoms. The van der Waals surface area contributed by atoms with Crippen LogP contribution in [0.25, 0.3) is 6.08 Å². The fourth-order valence-corrected chi connectivity index (χ4v) is 3.15. The van der Waals surface area contributed by atoms with Gasteiger partial charge in [0, 0.05) is 11.0 Å². The van der Waals surface area contributed by atoms with Crippen molar-refractivity contribution in [3.63, 3.8) is 0 Å². The first-order valence-electron chi connectivity index (χ1n) is 6.86. The molecule has 1 aliphatic rings. The molecule has 1 heterocycles. The van der Waals surface area contributed by atoms with Crippen molar-refractivity contribution in [3.05, 3.63) is 39.2 Å². The van der Waals surface area contributed by atoms with Crippen LogP contribution < -0.4 is 5.32 Å². The Bertz CT molecular complexity index is 734. The number of rotatable bonds is 6. The number of carbonyl (C=O) groups excluding carboxylic acids is 3. The number of carboxylic acid groups (broad SMARTS) is 1.